The summed E-state index contributed by atoms with van der Waals surface area (Å²) in [7, 11) is -2.88. The highest BCUT2D eigenvalue weighted by molar-refractivity contribution is 7.94. The Morgan fingerprint density at radius 2 is 2.00 bits per heavy atom. The molecule has 0 spiro atoms. The van der Waals surface area contributed by atoms with Gasteiger partial charge >= 0.3 is 0 Å². The summed E-state index contributed by atoms with van der Waals surface area (Å²) in [5.41, 5.74) is 0. The van der Waals surface area contributed by atoms with E-state index >= 15 is 0 Å². The molecule has 1 saturated carbocycles. The molecule has 2 rings (SSSR count). The Bertz CT molecular complexity index is 315. The normalized spacial score (nSPS) is 31.3. The molecule has 1 fully saturated rings. The highest BCUT2D eigenvalue weighted by Gasteiger charge is 2.22. The summed E-state index contributed by atoms with van der Waals surface area (Å²) in [6, 6.07) is 0.0561. The van der Waals surface area contributed by atoms with Crippen molar-refractivity contribution in [3.05, 3.63) is 11.5 Å². The highest BCUT2D eigenvalue weighted by Crippen LogP contribution is 2.24. The molecule has 1 N–H and O–H groups in total. The first-order valence-electron chi connectivity index (χ1n) is 5.30. The molecular formula is C10H17NO2S. The van der Waals surface area contributed by atoms with Crippen LogP contribution in [0.4, 0.5) is 0 Å². The molecule has 0 aromatic rings. The molecule has 1 atom stereocenters. The maximum absolute atomic E-state index is 11.1. The highest BCUT2D eigenvalue weighted by atomic mass is 32.2. The lowest BCUT2D eigenvalue weighted by atomic mass is 10.1. The molecule has 0 saturated heterocycles. The summed E-state index contributed by atoms with van der Waals surface area (Å²) in [6.07, 6.45) is 7.05. The van der Waals surface area contributed by atoms with Gasteiger partial charge in [-0.1, -0.05) is 18.9 Å². The number of hydrogen-bond donors (Lipinski definition) is 1. The number of rotatable bonds is 3. The molecule has 80 valence electrons. The van der Waals surface area contributed by atoms with Crippen molar-refractivity contribution in [3.63, 3.8) is 0 Å². The standard InChI is InChI=1S/C10H17NO2S/c12-14(13)6-5-10(8-14)11-7-9-3-1-2-4-9/h5-6,9-11H,1-4,7-8H2. The van der Waals surface area contributed by atoms with E-state index in [1.54, 1.807) is 6.08 Å². The minimum Gasteiger partial charge on any atom is -0.309 e. The van der Waals surface area contributed by atoms with E-state index in [9.17, 15) is 8.42 Å². The molecule has 2 aliphatic rings. The van der Waals surface area contributed by atoms with Crippen LogP contribution in [0.3, 0.4) is 0 Å². The summed E-state index contributed by atoms with van der Waals surface area (Å²) < 4.78 is 22.2. The van der Waals surface area contributed by atoms with E-state index in [0.29, 0.717) is 0 Å². The third kappa shape index (κ3) is 2.58. The van der Waals surface area contributed by atoms with Crippen molar-refractivity contribution in [3.8, 4) is 0 Å². The molecule has 0 amide bonds. The van der Waals surface area contributed by atoms with Gasteiger partial charge in [-0.3, -0.25) is 0 Å². The molecule has 1 aliphatic carbocycles. The van der Waals surface area contributed by atoms with E-state index in [-0.39, 0.29) is 11.8 Å². The van der Waals surface area contributed by atoms with E-state index in [1.165, 1.54) is 31.1 Å². The minimum absolute atomic E-state index is 0.0561. The van der Waals surface area contributed by atoms with Gasteiger partial charge in [0, 0.05) is 11.4 Å². The zero-order valence-corrected chi connectivity index (χ0v) is 9.09. The molecule has 3 nitrogen and oxygen atoms in total. The Labute approximate surface area is 85.5 Å². The van der Waals surface area contributed by atoms with Gasteiger partial charge in [0.2, 0.25) is 0 Å². The van der Waals surface area contributed by atoms with Crippen LogP contribution in [-0.2, 0) is 9.84 Å². The zero-order valence-electron chi connectivity index (χ0n) is 8.28. The van der Waals surface area contributed by atoms with Gasteiger partial charge in [0.25, 0.3) is 0 Å². The maximum atomic E-state index is 11.1. The van der Waals surface area contributed by atoms with Gasteiger partial charge in [0.05, 0.1) is 5.75 Å². The SMILES string of the molecule is O=S1(=O)C=CC(NCC2CCCC2)C1. The second-order valence-electron chi connectivity index (χ2n) is 4.32. The lowest BCUT2D eigenvalue weighted by Crippen LogP contribution is -2.33. The second kappa shape index (κ2) is 4.03. The van der Waals surface area contributed by atoms with E-state index < -0.39 is 9.84 Å². The molecule has 14 heavy (non-hydrogen) atoms. The van der Waals surface area contributed by atoms with Crippen LogP contribution in [0.1, 0.15) is 25.7 Å². The molecule has 0 radical (unpaired) electrons. The van der Waals surface area contributed by atoms with Crippen molar-refractivity contribution in [2.24, 2.45) is 5.92 Å². The van der Waals surface area contributed by atoms with Crippen molar-refractivity contribution in [1.82, 2.24) is 5.32 Å². The zero-order chi connectivity index (χ0) is 10.0. The van der Waals surface area contributed by atoms with Crippen molar-refractivity contribution in [2.75, 3.05) is 12.3 Å². The summed E-state index contributed by atoms with van der Waals surface area (Å²) in [5.74, 6) is 1.02. The van der Waals surface area contributed by atoms with Crippen LogP contribution in [0.25, 0.3) is 0 Å². The van der Waals surface area contributed by atoms with E-state index in [4.69, 9.17) is 0 Å². The Kier molecular flexibility index (Phi) is 2.93. The predicted molar refractivity (Wildman–Crippen MR) is 56.7 cm³/mol. The van der Waals surface area contributed by atoms with Gasteiger partial charge in [0.15, 0.2) is 9.84 Å². The molecule has 0 bridgehead atoms. The monoisotopic (exact) mass is 215 g/mol. The minimum atomic E-state index is -2.88. The summed E-state index contributed by atoms with van der Waals surface area (Å²) in [4.78, 5) is 0. The van der Waals surface area contributed by atoms with Crippen molar-refractivity contribution >= 4 is 9.84 Å². The molecular weight excluding hydrogens is 198 g/mol. The van der Waals surface area contributed by atoms with Crippen LogP contribution in [0, 0.1) is 5.92 Å². The number of nitrogens with one attached hydrogen (secondary N) is 1. The Morgan fingerprint density at radius 3 is 2.57 bits per heavy atom. The molecule has 4 heteroatoms. The third-order valence-corrected chi connectivity index (χ3v) is 4.47. The Hall–Kier alpha value is -0.350. The van der Waals surface area contributed by atoms with Crippen molar-refractivity contribution in [1.29, 1.82) is 0 Å². The van der Waals surface area contributed by atoms with Crippen LogP contribution >= 0.6 is 0 Å². The molecule has 0 aromatic heterocycles. The topological polar surface area (TPSA) is 46.2 Å². The molecule has 0 aromatic carbocycles. The van der Waals surface area contributed by atoms with Crippen LogP contribution in [-0.4, -0.2) is 26.8 Å². The average molecular weight is 215 g/mol. The van der Waals surface area contributed by atoms with Crippen LogP contribution in [0.5, 0.6) is 0 Å². The summed E-state index contributed by atoms with van der Waals surface area (Å²) >= 11 is 0. The Morgan fingerprint density at radius 1 is 1.29 bits per heavy atom. The molecule has 1 heterocycles. The van der Waals surface area contributed by atoms with E-state index in [1.807, 2.05) is 0 Å². The second-order valence-corrected chi connectivity index (χ2v) is 6.25. The first-order valence-corrected chi connectivity index (χ1v) is 7.02. The largest absolute Gasteiger partial charge is 0.309 e. The predicted octanol–water partition coefficient (Wildman–Crippen LogP) is 1.08. The smallest absolute Gasteiger partial charge is 0.173 e. The lowest BCUT2D eigenvalue weighted by molar-refractivity contribution is 0.475. The van der Waals surface area contributed by atoms with Gasteiger partial charge in [-0.05, 0) is 25.3 Å². The van der Waals surface area contributed by atoms with Crippen molar-refractivity contribution < 1.29 is 8.42 Å². The lowest BCUT2D eigenvalue weighted by Gasteiger charge is -2.13. The van der Waals surface area contributed by atoms with E-state index in [0.717, 1.165) is 12.5 Å². The summed E-state index contributed by atoms with van der Waals surface area (Å²) in [5, 5.41) is 4.65. The first-order chi connectivity index (χ1) is 6.66. The number of hydrogen-bond acceptors (Lipinski definition) is 3. The third-order valence-electron chi connectivity index (χ3n) is 3.07. The average Bonchev–Trinajstić information content (AvgIpc) is 2.70. The fourth-order valence-electron chi connectivity index (χ4n) is 2.24. The Balaban J connectivity index is 1.75. The van der Waals surface area contributed by atoms with Crippen LogP contribution < -0.4 is 5.32 Å². The summed E-state index contributed by atoms with van der Waals surface area (Å²) in [6.45, 7) is 0.977. The van der Waals surface area contributed by atoms with Gasteiger partial charge in [-0.15, -0.1) is 0 Å². The van der Waals surface area contributed by atoms with Gasteiger partial charge in [-0.25, -0.2) is 8.42 Å². The fourth-order valence-corrected chi connectivity index (χ4v) is 3.51. The van der Waals surface area contributed by atoms with Gasteiger partial charge in [-0.2, -0.15) is 0 Å². The number of sulfone groups is 1. The molecule has 1 unspecified atom stereocenters. The van der Waals surface area contributed by atoms with Crippen LogP contribution in [0.15, 0.2) is 11.5 Å². The molecule has 1 aliphatic heterocycles. The van der Waals surface area contributed by atoms with Crippen LogP contribution in [0.2, 0.25) is 0 Å². The van der Waals surface area contributed by atoms with Gasteiger partial charge in [0.1, 0.15) is 0 Å². The first kappa shape index (κ1) is 10.2. The maximum Gasteiger partial charge on any atom is 0.173 e. The van der Waals surface area contributed by atoms with Crippen molar-refractivity contribution in [2.45, 2.75) is 31.7 Å². The quantitative estimate of drug-likeness (QED) is 0.766. The van der Waals surface area contributed by atoms with E-state index in [2.05, 4.69) is 5.32 Å². The fraction of sp³-hybridized carbons (Fsp3) is 0.800. The van der Waals surface area contributed by atoms with Gasteiger partial charge < -0.3 is 5.32 Å².